The van der Waals surface area contributed by atoms with E-state index >= 15 is 0 Å². The first-order chi connectivity index (χ1) is 15.3. The number of aromatic nitrogens is 1. The molecule has 0 bridgehead atoms. The van der Waals surface area contributed by atoms with Crippen LogP contribution in [0.2, 0.25) is 0 Å². The summed E-state index contributed by atoms with van der Waals surface area (Å²) in [6.45, 7) is 3.20. The van der Waals surface area contributed by atoms with E-state index in [9.17, 15) is 18.0 Å². The van der Waals surface area contributed by atoms with E-state index in [0.29, 0.717) is 12.1 Å². The van der Waals surface area contributed by atoms with Crippen molar-refractivity contribution in [2.24, 2.45) is 0 Å². The van der Waals surface area contributed by atoms with Crippen LogP contribution in [0.25, 0.3) is 0 Å². The Morgan fingerprint density at radius 3 is 2.66 bits per heavy atom. The maximum Gasteiger partial charge on any atom is 0.416 e. The first kappa shape index (κ1) is 22.7. The number of rotatable bonds is 6. The zero-order chi connectivity index (χ0) is 22.6. The van der Waals surface area contributed by atoms with E-state index in [1.807, 2.05) is 12.3 Å². The molecular weight excluding hydrogens is 419 g/mol. The number of piperidine rings is 1. The number of carbonyl (C=O) groups is 1. The minimum Gasteiger partial charge on any atom is -0.370 e. The first-order valence-corrected chi connectivity index (χ1v) is 11.0. The molecule has 5 nitrogen and oxygen atoms in total. The summed E-state index contributed by atoms with van der Waals surface area (Å²) in [4.78, 5) is 18.8. The third kappa shape index (κ3) is 5.86. The van der Waals surface area contributed by atoms with E-state index in [4.69, 9.17) is 4.74 Å². The number of alkyl halides is 3. The fourth-order valence-electron chi connectivity index (χ4n) is 4.61. The third-order valence-electron chi connectivity index (χ3n) is 6.38. The van der Waals surface area contributed by atoms with Gasteiger partial charge < -0.3 is 10.1 Å². The molecule has 1 amide bonds. The highest BCUT2D eigenvalue weighted by molar-refractivity contribution is 5.78. The van der Waals surface area contributed by atoms with Gasteiger partial charge in [0.15, 0.2) is 0 Å². The van der Waals surface area contributed by atoms with Gasteiger partial charge in [0.05, 0.1) is 23.7 Å². The molecule has 0 radical (unpaired) electrons. The Kier molecular flexibility index (Phi) is 6.81. The standard InChI is InChI=1S/C24H28F3N3O2/c25-24(26,27)20-5-1-3-18(13-20)14-22(31)29-16-21-6-7-23(32-21)8-11-30(12-9-23)17-19-4-2-10-28-15-19/h1-5,10,13,15,21H,6-9,11-12,14,16-17H2,(H,29,31). The molecule has 1 aromatic heterocycles. The van der Waals surface area contributed by atoms with E-state index in [2.05, 4.69) is 21.3 Å². The Bertz CT molecular complexity index is 912. The summed E-state index contributed by atoms with van der Waals surface area (Å²) >= 11 is 0. The molecule has 4 rings (SSSR count). The summed E-state index contributed by atoms with van der Waals surface area (Å²) in [6, 6.07) is 8.94. The summed E-state index contributed by atoms with van der Waals surface area (Å²) in [5.41, 5.74) is 0.694. The summed E-state index contributed by atoms with van der Waals surface area (Å²) in [6.07, 6.45) is 2.91. The number of pyridine rings is 1. The van der Waals surface area contributed by atoms with Gasteiger partial charge in [-0.3, -0.25) is 14.7 Å². The van der Waals surface area contributed by atoms with Crippen LogP contribution in [-0.4, -0.2) is 47.1 Å². The maximum absolute atomic E-state index is 12.8. The largest absolute Gasteiger partial charge is 0.416 e. The van der Waals surface area contributed by atoms with Crippen molar-refractivity contribution in [2.45, 2.75) is 56.5 Å². The van der Waals surface area contributed by atoms with Crippen LogP contribution in [0.5, 0.6) is 0 Å². The van der Waals surface area contributed by atoms with Gasteiger partial charge >= 0.3 is 6.18 Å². The molecule has 1 atom stereocenters. The number of hydrogen-bond donors (Lipinski definition) is 1. The summed E-state index contributed by atoms with van der Waals surface area (Å²) < 4.78 is 44.9. The van der Waals surface area contributed by atoms with Gasteiger partial charge in [-0.15, -0.1) is 0 Å². The smallest absolute Gasteiger partial charge is 0.370 e. The number of carbonyl (C=O) groups excluding carboxylic acids is 1. The van der Waals surface area contributed by atoms with E-state index in [1.54, 1.807) is 6.20 Å². The molecule has 3 heterocycles. The molecule has 0 aliphatic carbocycles. The van der Waals surface area contributed by atoms with Crippen LogP contribution in [0.1, 0.15) is 42.4 Å². The van der Waals surface area contributed by atoms with Crippen LogP contribution in [0.15, 0.2) is 48.8 Å². The lowest BCUT2D eigenvalue weighted by molar-refractivity contribution is -0.137. The van der Waals surface area contributed by atoms with Crippen molar-refractivity contribution >= 4 is 5.91 Å². The fraction of sp³-hybridized carbons (Fsp3) is 0.500. The van der Waals surface area contributed by atoms with E-state index in [-0.39, 0.29) is 24.0 Å². The summed E-state index contributed by atoms with van der Waals surface area (Å²) in [5, 5.41) is 2.83. The molecule has 2 fully saturated rings. The molecule has 172 valence electrons. The Labute approximate surface area is 186 Å². The fourth-order valence-corrected chi connectivity index (χ4v) is 4.61. The van der Waals surface area contributed by atoms with Crippen LogP contribution < -0.4 is 5.32 Å². The van der Waals surface area contributed by atoms with Gasteiger partial charge in [-0.2, -0.15) is 13.2 Å². The predicted molar refractivity (Wildman–Crippen MR) is 114 cm³/mol. The normalized spacial score (nSPS) is 21.0. The predicted octanol–water partition coefficient (Wildman–Crippen LogP) is 3.97. The number of benzene rings is 1. The van der Waals surface area contributed by atoms with Gasteiger partial charge in [-0.25, -0.2) is 0 Å². The molecule has 0 saturated carbocycles. The van der Waals surface area contributed by atoms with E-state index < -0.39 is 11.7 Å². The van der Waals surface area contributed by atoms with Crippen LogP contribution in [-0.2, 0) is 28.7 Å². The van der Waals surface area contributed by atoms with Crippen molar-refractivity contribution in [3.05, 3.63) is 65.5 Å². The highest BCUT2D eigenvalue weighted by Crippen LogP contribution is 2.39. The Balaban J connectivity index is 1.21. The minimum atomic E-state index is -4.41. The zero-order valence-corrected chi connectivity index (χ0v) is 17.9. The lowest BCUT2D eigenvalue weighted by Crippen LogP contribution is -2.45. The molecule has 2 aliphatic rings. The second-order valence-electron chi connectivity index (χ2n) is 8.78. The first-order valence-electron chi connectivity index (χ1n) is 11.0. The molecule has 2 aliphatic heterocycles. The molecule has 2 aromatic rings. The van der Waals surface area contributed by atoms with Gasteiger partial charge in [0.1, 0.15) is 0 Å². The molecule has 2 saturated heterocycles. The lowest BCUT2D eigenvalue weighted by Gasteiger charge is -2.39. The maximum atomic E-state index is 12.8. The van der Waals surface area contributed by atoms with Crippen LogP contribution >= 0.6 is 0 Å². The Hall–Kier alpha value is -2.45. The van der Waals surface area contributed by atoms with Crippen molar-refractivity contribution in [1.82, 2.24) is 15.2 Å². The monoisotopic (exact) mass is 447 g/mol. The molecule has 1 spiro atoms. The van der Waals surface area contributed by atoms with Gasteiger partial charge in [-0.1, -0.05) is 24.3 Å². The van der Waals surface area contributed by atoms with Gasteiger partial charge in [-0.05, 0) is 48.9 Å². The Morgan fingerprint density at radius 1 is 1.16 bits per heavy atom. The summed E-state index contributed by atoms with van der Waals surface area (Å²) in [7, 11) is 0. The topological polar surface area (TPSA) is 54.5 Å². The number of likely N-dealkylation sites (tertiary alicyclic amines) is 1. The number of nitrogens with zero attached hydrogens (tertiary/aromatic N) is 2. The molecule has 1 aromatic carbocycles. The molecule has 8 heteroatoms. The van der Waals surface area contributed by atoms with E-state index in [0.717, 1.165) is 57.5 Å². The quantitative estimate of drug-likeness (QED) is 0.728. The second kappa shape index (κ2) is 9.58. The number of nitrogens with one attached hydrogen (secondary N) is 1. The van der Waals surface area contributed by atoms with Crippen molar-refractivity contribution in [3.63, 3.8) is 0 Å². The van der Waals surface area contributed by atoms with Crippen LogP contribution in [0.4, 0.5) is 13.2 Å². The minimum absolute atomic E-state index is 0.0506. The molecule has 1 unspecified atom stereocenters. The van der Waals surface area contributed by atoms with Gasteiger partial charge in [0.25, 0.3) is 0 Å². The molecule has 32 heavy (non-hydrogen) atoms. The second-order valence-corrected chi connectivity index (χ2v) is 8.78. The average Bonchev–Trinajstić information content (AvgIpc) is 3.17. The van der Waals surface area contributed by atoms with Crippen LogP contribution in [0, 0.1) is 0 Å². The molecule has 1 N–H and O–H groups in total. The third-order valence-corrected chi connectivity index (χ3v) is 6.38. The highest BCUT2D eigenvalue weighted by Gasteiger charge is 2.42. The van der Waals surface area contributed by atoms with Crippen LogP contribution in [0.3, 0.4) is 0 Å². The van der Waals surface area contributed by atoms with Crippen molar-refractivity contribution in [2.75, 3.05) is 19.6 Å². The number of amides is 1. The average molecular weight is 448 g/mol. The molecular formula is C24H28F3N3O2. The van der Waals surface area contributed by atoms with Crippen molar-refractivity contribution in [1.29, 1.82) is 0 Å². The van der Waals surface area contributed by atoms with Gasteiger partial charge in [0, 0.05) is 38.6 Å². The zero-order valence-electron chi connectivity index (χ0n) is 17.9. The van der Waals surface area contributed by atoms with Gasteiger partial charge in [0.2, 0.25) is 5.91 Å². The number of ether oxygens (including phenoxy) is 1. The Morgan fingerprint density at radius 2 is 1.94 bits per heavy atom. The van der Waals surface area contributed by atoms with Crippen molar-refractivity contribution in [3.8, 4) is 0 Å². The van der Waals surface area contributed by atoms with Crippen molar-refractivity contribution < 1.29 is 22.7 Å². The highest BCUT2D eigenvalue weighted by atomic mass is 19.4. The lowest BCUT2D eigenvalue weighted by atomic mass is 9.88. The SMILES string of the molecule is O=C(Cc1cccc(C(F)(F)F)c1)NCC1CCC2(CCN(Cc3cccnc3)CC2)O1. The summed E-state index contributed by atoms with van der Waals surface area (Å²) in [5.74, 6) is -0.292. The number of halogens is 3. The number of hydrogen-bond acceptors (Lipinski definition) is 4. The van der Waals surface area contributed by atoms with E-state index in [1.165, 1.54) is 17.7 Å².